The van der Waals surface area contributed by atoms with Crippen molar-refractivity contribution in [2.24, 2.45) is 5.73 Å². The van der Waals surface area contributed by atoms with E-state index in [9.17, 15) is 0 Å². The van der Waals surface area contributed by atoms with Crippen LogP contribution in [0.4, 0.5) is 0 Å². The van der Waals surface area contributed by atoms with Crippen molar-refractivity contribution in [1.82, 2.24) is 10.1 Å². The average Bonchev–Trinajstić information content (AvgIpc) is 2.82. The number of nitrogens with two attached hydrogens (primary N) is 1. The van der Waals surface area contributed by atoms with Gasteiger partial charge in [-0.3, -0.25) is 0 Å². The third-order valence-corrected chi connectivity index (χ3v) is 3.59. The van der Waals surface area contributed by atoms with Crippen LogP contribution in [0.1, 0.15) is 18.4 Å². The molecule has 0 spiro atoms. The molecule has 0 bridgehead atoms. The van der Waals surface area contributed by atoms with Crippen molar-refractivity contribution in [2.75, 3.05) is 6.61 Å². The van der Waals surface area contributed by atoms with Crippen molar-refractivity contribution in [2.45, 2.75) is 12.5 Å². The van der Waals surface area contributed by atoms with E-state index in [1.54, 1.807) is 18.2 Å². The molecule has 96 valence electrons. The monoisotopic (exact) mass is 331 g/mol. The fraction of sp³-hybridized carbons (Fsp3) is 0.273. The first-order valence-corrected chi connectivity index (χ1v) is 6.44. The van der Waals surface area contributed by atoms with Crippen LogP contribution in [-0.4, -0.2) is 21.9 Å². The average molecular weight is 333 g/mol. The van der Waals surface area contributed by atoms with Gasteiger partial charge in [-0.2, -0.15) is 4.98 Å². The third kappa shape index (κ3) is 2.89. The summed E-state index contributed by atoms with van der Waals surface area (Å²) in [5.74, 6) is 0.751. The van der Waals surface area contributed by atoms with Crippen molar-refractivity contribution in [3.8, 4) is 11.4 Å². The van der Waals surface area contributed by atoms with Gasteiger partial charge in [0.05, 0.1) is 11.1 Å². The number of halogens is 2. The van der Waals surface area contributed by atoms with Crippen LogP contribution in [0.25, 0.3) is 11.4 Å². The van der Waals surface area contributed by atoms with Crippen LogP contribution in [-0.2, 0) is 0 Å². The molecule has 7 heteroatoms. The zero-order valence-corrected chi connectivity index (χ0v) is 11.6. The van der Waals surface area contributed by atoms with Gasteiger partial charge in [-0.1, -0.05) is 16.8 Å². The molecule has 0 aliphatic carbocycles. The maximum Gasteiger partial charge on any atom is 0.243 e. The van der Waals surface area contributed by atoms with Crippen molar-refractivity contribution in [3.05, 3.63) is 33.6 Å². The van der Waals surface area contributed by atoms with E-state index >= 15 is 0 Å². The minimum Gasteiger partial charge on any atom is -0.396 e. The molecule has 0 fully saturated rings. The van der Waals surface area contributed by atoms with Gasteiger partial charge >= 0.3 is 0 Å². The number of hydrogen-bond donors (Lipinski definition) is 2. The zero-order valence-electron chi connectivity index (χ0n) is 9.31. The number of aromatic nitrogens is 2. The summed E-state index contributed by atoms with van der Waals surface area (Å²) >= 11 is 9.23. The molecular formula is C11H11BrClN3O2. The Labute approximate surface area is 117 Å². The molecule has 3 N–H and O–H groups in total. The number of aliphatic hydroxyl groups is 1. The van der Waals surface area contributed by atoms with Crippen LogP contribution in [0.2, 0.25) is 5.02 Å². The second-order valence-electron chi connectivity index (χ2n) is 3.70. The van der Waals surface area contributed by atoms with Crippen LogP contribution >= 0.6 is 27.5 Å². The molecule has 18 heavy (non-hydrogen) atoms. The van der Waals surface area contributed by atoms with Gasteiger partial charge in [-0.05, 0) is 40.5 Å². The fourth-order valence-electron chi connectivity index (χ4n) is 1.40. The van der Waals surface area contributed by atoms with Gasteiger partial charge in [-0.25, -0.2) is 0 Å². The van der Waals surface area contributed by atoms with Gasteiger partial charge in [0.2, 0.25) is 11.7 Å². The number of benzene rings is 1. The number of aliphatic hydroxyl groups excluding tert-OH is 1. The summed E-state index contributed by atoms with van der Waals surface area (Å²) in [5, 5.41) is 13.3. The lowest BCUT2D eigenvalue weighted by atomic mass is 10.2. The van der Waals surface area contributed by atoms with Gasteiger partial charge < -0.3 is 15.4 Å². The molecular weight excluding hydrogens is 321 g/mol. The predicted octanol–water partition coefficient (Wildman–Crippen LogP) is 2.53. The van der Waals surface area contributed by atoms with Crippen molar-refractivity contribution in [3.63, 3.8) is 0 Å². The first kappa shape index (κ1) is 13.5. The first-order chi connectivity index (χ1) is 8.61. The van der Waals surface area contributed by atoms with Crippen molar-refractivity contribution >= 4 is 27.5 Å². The lowest BCUT2D eigenvalue weighted by molar-refractivity contribution is 0.259. The minimum absolute atomic E-state index is 0.0224. The van der Waals surface area contributed by atoms with Gasteiger partial charge in [0, 0.05) is 16.6 Å². The largest absolute Gasteiger partial charge is 0.396 e. The molecule has 2 rings (SSSR count). The molecule has 0 radical (unpaired) electrons. The molecule has 5 nitrogen and oxygen atoms in total. The zero-order chi connectivity index (χ0) is 13.1. The highest BCUT2D eigenvalue weighted by atomic mass is 79.9. The van der Waals surface area contributed by atoms with Gasteiger partial charge in [0.15, 0.2) is 0 Å². The molecule has 1 unspecified atom stereocenters. The second-order valence-corrected chi connectivity index (χ2v) is 4.97. The minimum atomic E-state index is -0.452. The molecule has 1 heterocycles. The highest BCUT2D eigenvalue weighted by molar-refractivity contribution is 9.10. The lowest BCUT2D eigenvalue weighted by Crippen LogP contribution is -2.12. The predicted molar refractivity (Wildman–Crippen MR) is 71.1 cm³/mol. The van der Waals surface area contributed by atoms with Crippen LogP contribution in [0, 0.1) is 0 Å². The Hall–Kier alpha value is -0.950. The highest BCUT2D eigenvalue weighted by Crippen LogP contribution is 2.28. The van der Waals surface area contributed by atoms with E-state index < -0.39 is 6.04 Å². The number of hydrogen-bond acceptors (Lipinski definition) is 5. The summed E-state index contributed by atoms with van der Waals surface area (Å²) < 4.78 is 5.82. The van der Waals surface area contributed by atoms with Crippen LogP contribution in [0.5, 0.6) is 0 Å². The molecule has 0 amide bonds. The maximum atomic E-state index is 8.80. The first-order valence-electron chi connectivity index (χ1n) is 5.27. The molecule has 1 aromatic carbocycles. The maximum absolute atomic E-state index is 8.80. The summed E-state index contributed by atoms with van der Waals surface area (Å²) in [5.41, 5.74) is 6.54. The van der Waals surface area contributed by atoms with E-state index in [2.05, 4.69) is 26.1 Å². The number of rotatable bonds is 4. The van der Waals surface area contributed by atoms with Crippen LogP contribution in [0.15, 0.2) is 27.2 Å². The van der Waals surface area contributed by atoms with E-state index in [4.69, 9.17) is 27.0 Å². The van der Waals surface area contributed by atoms with E-state index in [-0.39, 0.29) is 6.61 Å². The van der Waals surface area contributed by atoms with E-state index in [0.717, 1.165) is 10.0 Å². The lowest BCUT2D eigenvalue weighted by Gasteiger charge is -2.01. The van der Waals surface area contributed by atoms with E-state index in [0.29, 0.717) is 23.2 Å². The fourth-order valence-corrected chi connectivity index (χ4v) is 1.90. The standard InChI is InChI=1S/C11H11BrClN3O2/c12-7-5-6(1-2-8(7)13)10-15-11(18-16-10)9(14)3-4-17/h1-2,5,9,17H,3-4,14H2. The topological polar surface area (TPSA) is 85.2 Å². The summed E-state index contributed by atoms with van der Waals surface area (Å²) in [6, 6.07) is 4.88. The Kier molecular flexibility index (Phi) is 4.34. The molecule has 1 aromatic heterocycles. The molecule has 0 saturated heterocycles. The van der Waals surface area contributed by atoms with Crippen molar-refractivity contribution < 1.29 is 9.63 Å². The van der Waals surface area contributed by atoms with Gasteiger partial charge in [0.25, 0.3) is 0 Å². The Balaban J connectivity index is 2.26. The summed E-state index contributed by atoms with van der Waals surface area (Å²) in [6.45, 7) is -0.0224. The van der Waals surface area contributed by atoms with Crippen LogP contribution < -0.4 is 5.73 Å². The number of nitrogens with zero attached hydrogens (tertiary/aromatic N) is 2. The quantitative estimate of drug-likeness (QED) is 0.898. The SMILES string of the molecule is NC(CCO)c1nc(-c2ccc(Cl)c(Br)c2)no1. The van der Waals surface area contributed by atoms with E-state index in [1.807, 2.05) is 0 Å². The van der Waals surface area contributed by atoms with Gasteiger partial charge in [0.1, 0.15) is 0 Å². The smallest absolute Gasteiger partial charge is 0.243 e. The Morgan fingerprint density at radius 3 is 2.94 bits per heavy atom. The molecule has 0 aliphatic heterocycles. The Bertz CT molecular complexity index is 547. The summed E-state index contributed by atoms with van der Waals surface area (Å²) in [4.78, 5) is 4.19. The highest BCUT2D eigenvalue weighted by Gasteiger charge is 2.15. The molecule has 2 aromatic rings. The van der Waals surface area contributed by atoms with Crippen molar-refractivity contribution in [1.29, 1.82) is 0 Å². The second kappa shape index (κ2) is 5.79. The molecule has 0 aliphatic rings. The molecule has 0 saturated carbocycles. The molecule has 1 atom stereocenters. The van der Waals surface area contributed by atoms with Crippen LogP contribution in [0.3, 0.4) is 0 Å². The summed E-state index contributed by atoms with van der Waals surface area (Å²) in [6.07, 6.45) is 0.381. The van der Waals surface area contributed by atoms with E-state index in [1.165, 1.54) is 0 Å². The van der Waals surface area contributed by atoms with Gasteiger partial charge in [-0.15, -0.1) is 0 Å². The Morgan fingerprint density at radius 1 is 1.50 bits per heavy atom. The Morgan fingerprint density at radius 2 is 2.28 bits per heavy atom. The summed E-state index contributed by atoms with van der Waals surface area (Å²) in [7, 11) is 0. The third-order valence-electron chi connectivity index (χ3n) is 2.38. The normalized spacial score (nSPS) is 12.7.